The molecule has 0 fully saturated rings. The fourth-order valence-electron chi connectivity index (χ4n) is 3.09. The van der Waals surface area contributed by atoms with E-state index >= 15 is 0 Å². The van der Waals surface area contributed by atoms with Crippen molar-refractivity contribution >= 4 is 41.2 Å². The third kappa shape index (κ3) is 7.53. The van der Waals surface area contributed by atoms with Gasteiger partial charge in [-0.05, 0) is 60.0 Å². The van der Waals surface area contributed by atoms with E-state index in [-0.39, 0.29) is 18.1 Å². The lowest BCUT2D eigenvalue weighted by Crippen LogP contribution is -2.48. The van der Waals surface area contributed by atoms with Crippen LogP contribution in [0.25, 0.3) is 0 Å². The van der Waals surface area contributed by atoms with Crippen LogP contribution in [0.4, 0.5) is 4.39 Å². The Morgan fingerprint density at radius 3 is 2.43 bits per heavy atom. The summed E-state index contributed by atoms with van der Waals surface area (Å²) >= 11 is 12.1. The number of hydrogen-bond donors (Lipinski definition) is 2. The second-order valence-electron chi connectivity index (χ2n) is 8.00. The van der Waals surface area contributed by atoms with E-state index < -0.39 is 23.7 Å². The smallest absolute Gasteiger partial charge is 0.262 e. The van der Waals surface area contributed by atoms with Gasteiger partial charge in [-0.3, -0.25) is 9.59 Å². The Labute approximate surface area is 213 Å². The van der Waals surface area contributed by atoms with Crippen LogP contribution in [-0.2, 0) is 11.4 Å². The van der Waals surface area contributed by atoms with Crippen molar-refractivity contribution in [3.63, 3.8) is 0 Å². The average Bonchev–Trinajstić information content (AvgIpc) is 2.82. The molecule has 35 heavy (non-hydrogen) atoms. The molecule has 0 heterocycles. The van der Waals surface area contributed by atoms with Crippen LogP contribution in [0.1, 0.15) is 35.3 Å². The number of carbonyl (C=O) groups is 2. The van der Waals surface area contributed by atoms with Gasteiger partial charge in [0.2, 0.25) is 0 Å². The molecule has 0 spiro atoms. The predicted molar refractivity (Wildman–Crippen MR) is 135 cm³/mol. The van der Waals surface area contributed by atoms with Crippen LogP contribution in [0.3, 0.4) is 0 Å². The van der Waals surface area contributed by atoms with Gasteiger partial charge in [-0.1, -0.05) is 55.2 Å². The minimum absolute atomic E-state index is 0.130. The molecule has 3 rings (SSSR count). The lowest BCUT2D eigenvalue weighted by Gasteiger charge is -2.20. The lowest BCUT2D eigenvalue weighted by atomic mass is 10.0. The fraction of sp³-hybridized carbons (Fsp3) is 0.192. The zero-order valence-electron chi connectivity index (χ0n) is 19.1. The molecule has 2 N–H and O–H groups in total. The maximum atomic E-state index is 13.9. The fourth-order valence-corrected chi connectivity index (χ4v) is 3.55. The van der Waals surface area contributed by atoms with Gasteiger partial charge in [0.05, 0.1) is 11.8 Å². The lowest BCUT2D eigenvalue weighted by molar-refractivity contribution is -0.123. The number of halogens is 3. The summed E-state index contributed by atoms with van der Waals surface area (Å²) in [6, 6.07) is 17.0. The minimum Gasteiger partial charge on any atom is -0.489 e. The Bertz CT molecular complexity index is 1220. The molecule has 9 heteroatoms. The highest BCUT2D eigenvalue weighted by atomic mass is 35.5. The number of ether oxygens (including phenoxy) is 1. The van der Waals surface area contributed by atoms with Gasteiger partial charge in [0.25, 0.3) is 11.8 Å². The van der Waals surface area contributed by atoms with Crippen molar-refractivity contribution in [1.29, 1.82) is 0 Å². The summed E-state index contributed by atoms with van der Waals surface area (Å²) in [7, 11) is 0. The first-order chi connectivity index (χ1) is 16.7. The Kier molecular flexibility index (Phi) is 9.23. The first kappa shape index (κ1) is 26.2. The molecule has 0 saturated heterocycles. The van der Waals surface area contributed by atoms with Gasteiger partial charge >= 0.3 is 0 Å². The van der Waals surface area contributed by atoms with E-state index in [1.165, 1.54) is 24.4 Å². The molecule has 2 amide bonds. The van der Waals surface area contributed by atoms with E-state index in [4.69, 9.17) is 27.9 Å². The summed E-state index contributed by atoms with van der Waals surface area (Å²) in [4.78, 5) is 25.0. The van der Waals surface area contributed by atoms with E-state index in [0.717, 1.165) is 11.1 Å². The molecule has 0 radical (unpaired) electrons. The van der Waals surface area contributed by atoms with Crippen molar-refractivity contribution in [1.82, 2.24) is 10.7 Å². The van der Waals surface area contributed by atoms with Crippen LogP contribution in [-0.4, -0.2) is 24.1 Å². The first-order valence-corrected chi connectivity index (χ1v) is 11.6. The van der Waals surface area contributed by atoms with E-state index in [2.05, 4.69) is 15.8 Å². The number of benzene rings is 3. The Morgan fingerprint density at radius 1 is 1.06 bits per heavy atom. The van der Waals surface area contributed by atoms with Crippen molar-refractivity contribution in [2.75, 3.05) is 0 Å². The zero-order chi connectivity index (χ0) is 25.4. The first-order valence-electron chi connectivity index (χ1n) is 10.8. The van der Waals surface area contributed by atoms with Crippen LogP contribution in [0.5, 0.6) is 5.75 Å². The summed E-state index contributed by atoms with van der Waals surface area (Å²) in [5, 5.41) is 7.62. The molecular weight excluding hydrogens is 492 g/mol. The van der Waals surface area contributed by atoms with Crippen LogP contribution < -0.4 is 15.5 Å². The standard InChI is InChI=1S/C26H24Cl2FN3O3/c1-16(2)24(31-25(33)21-5-3-4-6-23(21)29)26(34)32-30-14-17-7-11-20(12-8-17)35-15-18-9-10-19(27)13-22(18)28/h3-14,16,24H,15H2,1-2H3,(H,31,33)(H,32,34). The van der Waals surface area contributed by atoms with Gasteiger partial charge in [-0.15, -0.1) is 0 Å². The summed E-state index contributed by atoms with van der Waals surface area (Å²) in [5.41, 5.74) is 3.82. The van der Waals surface area contributed by atoms with Crippen molar-refractivity contribution in [3.8, 4) is 5.75 Å². The molecule has 1 unspecified atom stereocenters. The Morgan fingerprint density at radius 2 is 1.77 bits per heavy atom. The number of amides is 2. The molecule has 6 nitrogen and oxygen atoms in total. The average molecular weight is 516 g/mol. The van der Waals surface area contributed by atoms with Gasteiger partial charge in [0.1, 0.15) is 24.2 Å². The van der Waals surface area contributed by atoms with Crippen LogP contribution in [0.15, 0.2) is 71.8 Å². The highest BCUT2D eigenvalue weighted by Gasteiger charge is 2.25. The second-order valence-corrected chi connectivity index (χ2v) is 8.85. The topological polar surface area (TPSA) is 79.8 Å². The molecule has 0 bridgehead atoms. The van der Waals surface area contributed by atoms with Gasteiger partial charge in [-0.2, -0.15) is 5.10 Å². The number of nitrogens with one attached hydrogen (secondary N) is 2. The SMILES string of the molecule is CC(C)C(NC(=O)c1ccccc1F)C(=O)NN=Cc1ccc(OCc2ccc(Cl)cc2Cl)cc1. The Hall–Kier alpha value is -3.42. The van der Waals surface area contributed by atoms with E-state index in [9.17, 15) is 14.0 Å². The molecule has 0 aromatic heterocycles. The molecule has 1 atom stereocenters. The van der Waals surface area contributed by atoms with Crippen molar-refractivity contribution < 1.29 is 18.7 Å². The largest absolute Gasteiger partial charge is 0.489 e. The molecule has 0 saturated carbocycles. The summed E-state index contributed by atoms with van der Waals surface area (Å²) in [5.74, 6) is -1.45. The van der Waals surface area contributed by atoms with Gasteiger partial charge in [0, 0.05) is 15.6 Å². The van der Waals surface area contributed by atoms with Crippen molar-refractivity contribution in [2.45, 2.75) is 26.5 Å². The highest BCUT2D eigenvalue weighted by Crippen LogP contribution is 2.22. The summed E-state index contributed by atoms with van der Waals surface area (Å²) in [6.45, 7) is 3.83. The highest BCUT2D eigenvalue weighted by molar-refractivity contribution is 6.35. The van der Waals surface area contributed by atoms with Crippen LogP contribution in [0.2, 0.25) is 10.0 Å². The normalized spacial score (nSPS) is 11.9. The third-order valence-corrected chi connectivity index (χ3v) is 5.62. The maximum absolute atomic E-state index is 13.9. The van der Waals surface area contributed by atoms with E-state index in [0.29, 0.717) is 15.8 Å². The molecule has 0 aliphatic carbocycles. The third-order valence-electron chi connectivity index (χ3n) is 5.03. The quantitative estimate of drug-likeness (QED) is 0.286. The number of hydrazone groups is 1. The maximum Gasteiger partial charge on any atom is 0.262 e. The molecular formula is C26H24Cl2FN3O3. The van der Waals surface area contributed by atoms with E-state index in [1.807, 2.05) is 0 Å². The van der Waals surface area contributed by atoms with Gasteiger partial charge in [0.15, 0.2) is 0 Å². The molecule has 0 aliphatic heterocycles. The summed E-state index contributed by atoms with van der Waals surface area (Å²) in [6.07, 6.45) is 1.47. The minimum atomic E-state index is -0.894. The van der Waals surface area contributed by atoms with Crippen LogP contribution in [0, 0.1) is 11.7 Å². The predicted octanol–water partition coefficient (Wildman–Crippen LogP) is 5.62. The van der Waals surface area contributed by atoms with Gasteiger partial charge in [-0.25, -0.2) is 9.82 Å². The van der Waals surface area contributed by atoms with Gasteiger partial charge < -0.3 is 10.1 Å². The molecule has 182 valence electrons. The Balaban J connectivity index is 1.54. The second kappa shape index (κ2) is 12.3. The molecule has 3 aromatic carbocycles. The number of carbonyl (C=O) groups excluding carboxylic acids is 2. The monoisotopic (exact) mass is 515 g/mol. The van der Waals surface area contributed by atoms with Crippen LogP contribution >= 0.6 is 23.2 Å². The molecule has 0 aliphatic rings. The van der Waals surface area contributed by atoms with Crippen molar-refractivity contribution in [2.24, 2.45) is 11.0 Å². The number of rotatable bonds is 9. The van der Waals surface area contributed by atoms with E-state index in [1.54, 1.807) is 62.4 Å². The zero-order valence-corrected chi connectivity index (χ0v) is 20.6. The van der Waals surface area contributed by atoms with Crippen molar-refractivity contribution in [3.05, 3.63) is 99.3 Å². The molecule has 3 aromatic rings. The number of nitrogens with zero attached hydrogens (tertiary/aromatic N) is 1. The number of hydrogen-bond acceptors (Lipinski definition) is 4. The summed E-state index contributed by atoms with van der Waals surface area (Å²) < 4.78 is 19.6.